The van der Waals surface area contributed by atoms with Crippen LogP contribution in [0.1, 0.15) is 13.8 Å². The summed E-state index contributed by atoms with van der Waals surface area (Å²) in [5.74, 6) is 0.578. The molecule has 1 saturated heterocycles. The first-order valence-electron chi connectivity index (χ1n) is 9.34. The summed E-state index contributed by atoms with van der Waals surface area (Å²) in [6, 6.07) is 3.71. The highest BCUT2D eigenvalue weighted by molar-refractivity contribution is 5.91. The number of fused-ring (bicyclic) bond motifs is 3. The minimum absolute atomic E-state index is 0.0283. The summed E-state index contributed by atoms with van der Waals surface area (Å²) in [6.07, 6.45) is -2.12. The van der Waals surface area contributed by atoms with Gasteiger partial charge in [-0.3, -0.25) is 4.79 Å². The summed E-state index contributed by atoms with van der Waals surface area (Å²) in [7, 11) is 0. The molecule has 2 aliphatic heterocycles. The Hall–Kier alpha value is -3.37. The normalized spacial score (nSPS) is 19.6. The molecule has 0 spiro atoms. The third kappa shape index (κ3) is 3.40. The van der Waals surface area contributed by atoms with Crippen LogP contribution in [-0.4, -0.2) is 52.8 Å². The fraction of sp³-hybridized carbons (Fsp3) is 0.421. The quantitative estimate of drug-likeness (QED) is 0.766. The van der Waals surface area contributed by atoms with Crippen molar-refractivity contribution in [3.05, 3.63) is 24.4 Å². The van der Waals surface area contributed by atoms with Crippen LogP contribution < -0.4 is 20.7 Å². The molecule has 11 heteroatoms. The monoisotopic (exact) mass is 421 g/mol. The Balaban J connectivity index is 1.71. The van der Waals surface area contributed by atoms with Crippen LogP contribution in [0.3, 0.4) is 0 Å². The number of anilines is 2. The first-order chi connectivity index (χ1) is 14.2. The number of amides is 2. The first-order valence-corrected chi connectivity index (χ1v) is 9.34. The van der Waals surface area contributed by atoms with Crippen molar-refractivity contribution in [2.24, 2.45) is 5.73 Å². The van der Waals surface area contributed by atoms with Gasteiger partial charge in [-0.15, -0.1) is 0 Å². The van der Waals surface area contributed by atoms with Crippen LogP contribution >= 0.6 is 0 Å². The fourth-order valence-corrected chi connectivity index (χ4v) is 3.69. The third-order valence-electron chi connectivity index (χ3n) is 5.07. The second-order valence-electron chi connectivity index (χ2n) is 7.62. The smallest absolute Gasteiger partial charge is 0.416 e. The van der Waals surface area contributed by atoms with Crippen molar-refractivity contribution in [3.63, 3.8) is 0 Å². The number of aromatic nitrogens is 2. The van der Waals surface area contributed by atoms with E-state index in [9.17, 15) is 18.4 Å². The van der Waals surface area contributed by atoms with Gasteiger partial charge in [0.25, 0.3) is 6.43 Å². The Kier molecular flexibility index (Phi) is 4.75. The van der Waals surface area contributed by atoms with E-state index in [4.69, 9.17) is 15.2 Å². The van der Waals surface area contributed by atoms with Crippen LogP contribution in [0.15, 0.2) is 24.4 Å². The van der Waals surface area contributed by atoms with Gasteiger partial charge in [0.1, 0.15) is 29.8 Å². The number of nitrogens with one attached hydrogen (secondary N) is 1. The van der Waals surface area contributed by atoms with Crippen LogP contribution in [-0.2, 0) is 16.1 Å². The Labute approximate surface area is 170 Å². The number of carbonyl (C=O) groups excluding carboxylic acids is 2. The van der Waals surface area contributed by atoms with Gasteiger partial charge in [0.2, 0.25) is 5.91 Å². The van der Waals surface area contributed by atoms with Gasteiger partial charge < -0.3 is 25.1 Å². The number of rotatable bonds is 5. The van der Waals surface area contributed by atoms with E-state index in [2.05, 4.69) is 10.3 Å². The van der Waals surface area contributed by atoms with Crippen molar-refractivity contribution in [1.82, 2.24) is 9.55 Å². The van der Waals surface area contributed by atoms with Crippen molar-refractivity contribution in [2.75, 3.05) is 23.4 Å². The third-order valence-corrected chi connectivity index (χ3v) is 5.07. The number of nitrogens with zero attached hydrogens (tertiary/aromatic N) is 3. The Bertz CT molecular complexity index is 1010. The number of alkyl halides is 2. The molecule has 1 fully saturated rings. The van der Waals surface area contributed by atoms with Gasteiger partial charge in [-0.05, 0) is 26.0 Å². The van der Waals surface area contributed by atoms with Gasteiger partial charge in [0, 0.05) is 18.0 Å². The van der Waals surface area contributed by atoms with Gasteiger partial charge in [-0.2, -0.15) is 0 Å². The van der Waals surface area contributed by atoms with Crippen molar-refractivity contribution >= 4 is 23.5 Å². The van der Waals surface area contributed by atoms with E-state index in [1.54, 1.807) is 29.0 Å². The lowest BCUT2D eigenvalue weighted by Crippen LogP contribution is -2.47. The number of carbonyl (C=O) groups is 2. The van der Waals surface area contributed by atoms with E-state index in [1.807, 2.05) is 0 Å². The molecule has 2 aromatic rings. The number of imidazole rings is 1. The highest BCUT2D eigenvalue weighted by Crippen LogP contribution is 2.40. The number of primary amides is 1. The van der Waals surface area contributed by atoms with Crippen molar-refractivity contribution in [3.8, 4) is 17.1 Å². The van der Waals surface area contributed by atoms with Gasteiger partial charge in [0.15, 0.2) is 5.82 Å². The molecule has 0 radical (unpaired) electrons. The molecule has 1 atom stereocenters. The summed E-state index contributed by atoms with van der Waals surface area (Å²) in [5.41, 5.74) is 5.06. The van der Waals surface area contributed by atoms with Crippen LogP contribution in [0.25, 0.3) is 11.4 Å². The zero-order valence-electron chi connectivity index (χ0n) is 16.4. The topological polar surface area (TPSA) is 112 Å². The lowest BCUT2D eigenvalue weighted by molar-refractivity contribution is -0.116. The molecular formula is C19H21F2N5O4. The van der Waals surface area contributed by atoms with Crippen LogP contribution in [0.2, 0.25) is 0 Å². The molecule has 4 rings (SSSR count). The average molecular weight is 421 g/mol. The van der Waals surface area contributed by atoms with E-state index in [-0.39, 0.29) is 12.4 Å². The molecule has 160 valence electrons. The zero-order valence-corrected chi connectivity index (χ0v) is 16.4. The number of nitrogens with two attached hydrogens (primary N) is 1. The molecule has 1 aromatic carbocycles. The Morgan fingerprint density at radius 2 is 2.20 bits per heavy atom. The molecular weight excluding hydrogens is 400 g/mol. The van der Waals surface area contributed by atoms with Crippen LogP contribution in [0, 0.1) is 0 Å². The maximum Gasteiger partial charge on any atom is 0.416 e. The predicted octanol–water partition coefficient (Wildman–Crippen LogP) is 2.21. The van der Waals surface area contributed by atoms with Crippen LogP contribution in [0.4, 0.5) is 25.1 Å². The molecule has 30 heavy (non-hydrogen) atoms. The van der Waals surface area contributed by atoms with E-state index < -0.39 is 30.1 Å². The van der Waals surface area contributed by atoms with E-state index in [1.165, 1.54) is 13.8 Å². The van der Waals surface area contributed by atoms with Crippen LogP contribution in [0.5, 0.6) is 5.75 Å². The summed E-state index contributed by atoms with van der Waals surface area (Å²) < 4.78 is 40.2. The highest BCUT2D eigenvalue weighted by atomic mass is 19.3. The minimum Gasteiger partial charge on any atom is -0.491 e. The molecule has 0 aliphatic carbocycles. The van der Waals surface area contributed by atoms with Crippen molar-refractivity contribution in [2.45, 2.75) is 38.5 Å². The summed E-state index contributed by atoms with van der Waals surface area (Å²) >= 11 is 0. The maximum atomic E-state index is 13.7. The standard InChI is InChI=1S/C19H21F2N5O4/c1-19(2)15(16(20)21)26(18(28)30-19)14-9-25-5-6-29-12-7-10(23-8-13(22)27)3-4-11(12)17(25)24-14/h3-4,7,9,15-16,23H,5-6,8H2,1-2H3,(H2,22,27). The molecule has 0 saturated carbocycles. The molecule has 2 amide bonds. The largest absolute Gasteiger partial charge is 0.491 e. The number of hydrogen-bond donors (Lipinski definition) is 2. The highest BCUT2D eigenvalue weighted by Gasteiger charge is 2.54. The Morgan fingerprint density at radius 3 is 2.90 bits per heavy atom. The van der Waals surface area contributed by atoms with E-state index in [0.717, 1.165) is 4.90 Å². The minimum atomic E-state index is -2.80. The predicted molar refractivity (Wildman–Crippen MR) is 104 cm³/mol. The lowest BCUT2D eigenvalue weighted by Gasteiger charge is -2.26. The number of hydrogen-bond acceptors (Lipinski definition) is 6. The van der Waals surface area contributed by atoms with Crippen molar-refractivity contribution in [1.29, 1.82) is 0 Å². The number of halogens is 2. The van der Waals surface area contributed by atoms with E-state index >= 15 is 0 Å². The van der Waals surface area contributed by atoms with Gasteiger partial charge >= 0.3 is 6.09 Å². The molecule has 1 aromatic heterocycles. The summed E-state index contributed by atoms with van der Waals surface area (Å²) in [5, 5.41) is 2.89. The second kappa shape index (κ2) is 7.15. The fourth-order valence-electron chi connectivity index (χ4n) is 3.69. The molecule has 3 heterocycles. The average Bonchev–Trinajstić information content (AvgIpc) is 3.11. The molecule has 2 aliphatic rings. The van der Waals surface area contributed by atoms with E-state index in [0.29, 0.717) is 36.0 Å². The Morgan fingerprint density at radius 1 is 1.43 bits per heavy atom. The number of benzene rings is 1. The summed E-state index contributed by atoms with van der Waals surface area (Å²) in [6.45, 7) is 3.59. The van der Waals surface area contributed by atoms with Crippen molar-refractivity contribution < 1.29 is 27.8 Å². The maximum absolute atomic E-state index is 13.7. The van der Waals surface area contributed by atoms with Gasteiger partial charge in [-0.1, -0.05) is 0 Å². The molecule has 1 unspecified atom stereocenters. The number of ether oxygens (including phenoxy) is 2. The second-order valence-corrected chi connectivity index (χ2v) is 7.62. The summed E-state index contributed by atoms with van der Waals surface area (Å²) in [4.78, 5) is 28.7. The number of cyclic esters (lactones) is 1. The molecule has 3 N–H and O–H groups in total. The lowest BCUT2D eigenvalue weighted by atomic mass is 9.99. The van der Waals surface area contributed by atoms with Gasteiger partial charge in [0.05, 0.1) is 18.7 Å². The first kappa shape index (κ1) is 19.9. The SMILES string of the molecule is CC1(C)OC(=O)N(c2cn3c(n2)-c2ccc(NCC(N)=O)cc2OCC3)C1C(F)F. The zero-order chi connectivity index (χ0) is 21.6. The molecule has 9 nitrogen and oxygen atoms in total. The van der Waals surface area contributed by atoms with Gasteiger partial charge in [-0.25, -0.2) is 23.5 Å². The molecule has 0 bridgehead atoms.